The van der Waals surface area contributed by atoms with Crippen molar-refractivity contribution in [2.45, 2.75) is 38.7 Å². The SMILES string of the molecule is COCC1=CC2=C(C)C3(CC3)[C@](C)(O)C=C2C1. The van der Waals surface area contributed by atoms with Gasteiger partial charge in [-0.15, -0.1) is 0 Å². The van der Waals surface area contributed by atoms with E-state index in [1.54, 1.807) is 7.11 Å². The zero-order valence-electron chi connectivity index (χ0n) is 10.8. The topological polar surface area (TPSA) is 29.5 Å². The fraction of sp³-hybridized carbons (Fsp3) is 0.600. The summed E-state index contributed by atoms with van der Waals surface area (Å²) in [5.41, 5.74) is 4.72. The Morgan fingerprint density at radius 3 is 2.71 bits per heavy atom. The molecule has 92 valence electrons. The first-order chi connectivity index (χ1) is 8.00. The van der Waals surface area contributed by atoms with Crippen LogP contribution in [0.15, 0.2) is 34.4 Å². The number of allylic oxidation sites excluding steroid dienone is 3. The molecule has 0 aromatic rings. The van der Waals surface area contributed by atoms with Crippen molar-refractivity contribution < 1.29 is 9.84 Å². The minimum Gasteiger partial charge on any atom is -0.385 e. The second kappa shape index (κ2) is 3.33. The molecule has 2 heteroatoms. The highest BCUT2D eigenvalue weighted by Crippen LogP contribution is 2.64. The average molecular weight is 232 g/mol. The second-order valence-corrected chi connectivity index (χ2v) is 5.85. The summed E-state index contributed by atoms with van der Waals surface area (Å²) in [5.74, 6) is 0. The highest BCUT2D eigenvalue weighted by atomic mass is 16.5. The van der Waals surface area contributed by atoms with Gasteiger partial charge in [0.15, 0.2) is 0 Å². The first-order valence-electron chi connectivity index (χ1n) is 6.34. The number of fused-ring (bicyclic) bond motifs is 1. The maximum Gasteiger partial charge on any atom is 0.0898 e. The van der Waals surface area contributed by atoms with Crippen LogP contribution >= 0.6 is 0 Å². The Balaban J connectivity index is 2.04. The normalized spacial score (nSPS) is 33.6. The largest absolute Gasteiger partial charge is 0.385 e. The van der Waals surface area contributed by atoms with Crippen molar-refractivity contribution in [3.8, 4) is 0 Å². The fourth-order valence-electron chi connectivity index (χ4n) is 3.56. The summed E-state index contributed by atoms with van der Waals surface area (Å²) in [6.45, 7) is 4.85. The molecule has 0 bridgehead atoms. The molecule has 0 radical (unpaired) electrons. The quantitative estimate of drug-likeness (QED) is 0.793. The highest BCUT2D eigenvalue weighted by Gasteiger charge is 2.58. The molecule has 0 aliphatic heterocycles. The predicted molar refractivity (Wildman–Crippen MR) is 67.6 cm³/mol. The van der Waals surface area contributed by atoms with Crippen LogP contribution in [0.3, 0.4) is 0 Å². The van der Waals surface area contributed by atoms with Gasteiger partial charge in [0.25, 0.3) is 0 Å². The third-order valence-corrected chi connectivity index (χ3v) is 4.74. The molecule has 0 unspecified atom stereocenters. The summed E-state index contributed by atoms with van der Waals surface area (Å²) in [4.78, 5) is 0. The first-order valence-corrected chi connectivity index (χ1v) is 6.34. The molecule has 2 nitrogen and oxygen atoms in total. The molecule has 1 N–H and O–H groups in total. The lowest BCUT2D eigenvalue weighted by molar-refractivity contribution is 0.0458. The summed E-state index contributed by atoms with van der Waals surface area (Å²) in [7, 11) is 1.73. The van der Waals surface area contributed by atoms with Crippen molar-refractivity contribution in [2.24, 2.45) is 5.41 Å². The van der Waals surface area contributed by atoms with E-state index < -0.39 is 5.60 Å². The van der Waals surface area contributed by atoms with E-state index in [-0.39, 0.29) is 5.41 Å². The molecule has 1 atom stereocenters. The molecule has 3 aliphatic carbocycles. The van der Waals surface area contributed by atoms with E-state index >= 15 is 0 Å². The van der Waals surface area contributed by atoms with Crippen molar-refractivity contribution in [3.05, 3.63) is 34.4 Å². The lowest BCUT2D eigenvalue weighted by Gasteiger charge is -2.37. The van der Waals surface area contributed by atoms with Crippen molar-refractivity contribution in [2.75, 3.05) is 13.7 Å². The van der Waals surface area contributed by atoms with E-state index in [0.717, 1.165) is 19.3 Å². The average Bonchev–Trinajstić information content (AvgIpc) is 2.96. The Labute approximate surface area is 103 Å². The zero-order valence-corrected chi connectivity index (χ0v) is 10.8. The van der Waals surface area contributed by atoms with Crippen LogP contribution < -0.4 is 0 Å². The maximum atomic E-state index is 10.6. The molecule has 1 saturated carbocycles. The number of hydrogen-bond donors (Lipinski definition) is 1. The first kappa shape index (κ1) is 11.2. The van der Waals surface area contributed by atoms with Crippen LogP contribution in [0.1, 0.15) is 33.1 Å². The Hall–Kier alpha value is -0.860. The van der Waals surface area contributed by atoms with E-state index in [2.05, 4.69) is 19.1 Å². The molecule has 0 saturated heterocycles. The lowest BCUT2D eigenvalue weighted by Crippen LogP contribution is -2.38. The van der Waals surface area contributed by atoms with Gasteiger partial charge in [-0.25, -0.2) is 0 Å². The number of hydrogen-bond acceptors (Lipinski definition) is 2. The molecule has 0 aromatic heterocycles. The summed E-state index contributed by atoms with van der Waals surface area (Å²) >= 11 is 0. The van der Waals surface area contributed by atoms with E-state index in [1.165, 1.54) is 22.3 Å². The Morgan fingerprint density at radius 2 is 2.12 bits per heavy atom. The van der Waals surface area contributed by atoms with Crippen molar-refractivity contribution >= 4 is 0 Å². The summed E-state index contributed by atoms with van der Waals surface area (Å²) in [6.07, 6.45) is 7.52. The standard InChI is InChI=1S/C15H20O2/c1-10-13-7-11(9-17-3)6-12(13)8-14(2,16)15(10)4-5-15/h7-8,16H,4-6,9H2,1-3H3/t14-/m1/s1. The molecular formula is C15H20O2. The Morgan fingerprint density at radius 1 is 1.41 bits per heavy atom. The predicted octanol–water partition coefficient (Wildman–Crippen LogP) is 2.75. The van der Waals surface area contributed by atoms with Crippen LogP contribution in [0.2, 0.25) is 0 Å². The fourth-order valence-corrected chi connectivity index (χ4v) is 3.56. The van der Waals surface area contributed by atoms with Gasteiger partial charge in [0, 0.05) is 12.5 Å². The van der Waals surface area contributed by atoms with Crippen LogP contribution in [0, 0.1) is 5.41 Å². The molecular weight excluding hydrogens is 212 g/mol. The number of ether oxygens (including phenoxy) is 1. The zero-order chi connectivity index (χ0) is 12.3. The van der Waals surface area contributed by atoms with E-state index in [9.17, 15) is 5.11 Å². The van der Waals surface area contributed by atoms with E-state index in [0.29, 0.717) is 6.61 Å². The van der Waals surface area contributed by atoms with Crippen LogP contribution in [-0.4, -0.2) is 24.4 Å². The highest BCUT2D eigenvalue weighted by molar-refractivity contribution is 5.59. The van der Waals surface area contributed by atoms with Crippen molar-refractivity contribution in [1.82, 2.24) is 0 Å². The monoisotopic (exact) mass is 232 g/mol. The van der Waals surface area contributed by atoms with Gasteiger partial charge in [-0.3, -0.25) is 0 Å². The number of aliphatic hydroxyl groups is 1. The molecule has 1 fully saturated rings. The number of methoxy groups -OCH3 is 1. The van der Waals surface area contributed by atoms with Gasteiger partial charge in [0.2, 0.25) is 0 Å². The van der Waals surface area contributed by atoms with Gasteiger partial charge < -0.3 is 9.84 Å². The van der Waals surface area contributed by atoms with Crippen LogP contribution in [0.25, 0.3) is 0 Å². The van der Waals surface area contributed by atoms with E-state index in [4.69, 9.17) is 4.74 Å². The molecule has 0 amide bonds. The third-order valence-electron chi connectivity index (χ3n) is 4.74. The second-order valence-electron chi connectivity index (χ2n) is 5.85. The third kappa shape index (κ3) is 1.40. The number of rotatable bonds is 2. The van der Waals surface area contributed by atoms with E-state index in [1.807, 2.05) is 6.92 Å². The maximum absolute atomic E-state index is 10.6. The molecule has 0 aromatic carbocycles. The smallest absolute Gasteiger partial charge is 0.0898 e. The Kier molecular flexibility index (Phi) is 2.20. The van der Waals surface area contributed by atoms with Crippen LogP contribution in [0.5, 0.6) is 0 Å². The Bertz CT molecular complexity index is 459. The van der Waals surface area contributed by atoms with Crippen LogP contribution in [-0.2, 0) is 4.74 Å². The van der Waals surface area contributed by atoms with Crippen molar-refractivity contribution in [1.29, 1.82) is 0 Å². The molecule has 1 spiro atoms. The minimum absolute atomic E-state index is 0.0326. The summed E-state index contributed by atoms with van der Waals surface area (Å²) in [5, 5.41) is 10.6. The minimum atomic E-state index is -0.660. The van der Waals surface area contributed by atoms with Gasteiger partial charge in [-0.2, -0.15) is 0 Å². The molecule has 3 aliphatic rings. The van der Waals surface area contributed by atoms with Gasteiger partial charge in [-0.05, 0) is 55.9 Å². The van der Waals surface area contributed by atoms with Crippen LogP contribution in [0.4, 0.5) is 0 Å². The van der Waals surface area contributed by atoms with Gasteiger partial charge >= 0.3 is 0 Å². The molecule has 3 rings (SSSR count). The van der Waals surface area contributed by atoms with Gasteiger partial charge in [0.1, 0.15) is 0 Å². The summed E-state index contributed by atoms with van der Waals surface area (Å²) in [6, 6.07) is 0. The molecule has 0 heterocycles. The van der Waals surface area contributed by atoms with Crippen molar-refractivity contribution in [3.63, 3.8) is 0 Å². The summed E-state index contributed by atoms with van der Waals surface area (Å²) < 4.78 is 5.21. The van der Waals surface area contributed by atoms with Gasteiger partial charge in [-0.1, -0.05) is 11.6 Å². The lowest BCUT2D eigenvalue weighted by atomic mass is 9.72. The van der Waals surface area contributed by atoms with Gasteiger partial charge in [0.05, 0.1) is 12.2 Å². The molecule has 17 heavy (non-hydrogen) atoms.